The summed E-state index contributed by atoms with van der Waals surface area (Å²) in [7, 11) is 0. The molecule has 0 radical (unpaired) electrons. The second kappa shape index (κ2) is 3.81. The fraction of sp³-hybridized carbons (Fsp3) is 0.200. The molecule has 12 heavy (non-hydrogen) atoms. The lowest BCUT2D eigenvalue weighted by Gasteiger charge is -1.98. The molecule has 0 aliphatic carbocycles. The van der Waals surface area contributed by atoms with E-state index in [0.29, 0.717) is 11.5 Å². The van der Waals surface area contributed by atoms with Crippen LogP contribution in [-0.4, -0.2) is 6.29 Å². The summed E-state index contributed by atoms with van der Waals surface area (Å²) in [5.41, 5.74) is 0. The summed E-state index contributed by atoms with van der Waals surface area (Å²) in [5.74, 6) is 1.41. The van der Waals surface area contributed by atoms with E-state index in [9.17, 15) is 0 Å². The summed E-state index contributed by atoms with van der Waals surface area (Å²) in [4.78, 5) is 0. The average molecular weight is 164 g/mol. The Kier molecular flexibility index (Phi) is 2.75. The summed E-state index contributed by atoms with van der Waals surface area (Å²) < 4.78 is 10.6. The zero-order chi connectivity index (χ0) is 8.97. The molecule has 2 nitrogen and oxygen atoms in total. The van der Waals surface area contributed by atoms with Crippen molar-refractivity contribution in [3.05, 3.63) is 49.0 Å². The van der Waals surface area contributed by atoms with Crippen LogP contribution in [0.2, 0.25) is 0 Å². The maximum absolute atomic E-state index is 5.32. The number of hydrogen-bond acceptors (Lipinski definition) is 2. The molecule has 0 aromatic heterocycles. The SMILES string of the molecule is C=C/C=C1/OC(C)O/C1=C/C=C. The Bertz CT molecular complexity index is 223. The summed E-state index contributed by atoms with van der Waals surface area (Å²) >= 11 is 0. The lowest BCUT2D eigenvalue weighted by Crippen LogP contribution is -1.97. The van der Waals surface area contributed by atoms with Gasteiger partial charge in [-0.2, -0.15) is 0 Å². The zero-order valence-corrected chi connectivity index (χ0v) is 7.12. The minimum atomic E-state index is -0.220. The Morgan fingerprint density at radius 1 is 1.08 bits per heavy atom. The quantitative estimate of drug-likeness (QED) is 0.624. The van der Waals surface area contributed by atoms with E-state index in [1.807, 2.05) is 6.92 Å². The molecule has 0 amide bonds. The first-order valence-corrected chi connectivity index (χ1v) is 3.77. The normalized spacial score (nSPS) is 23.8. The Labute approximate surface area is 72.5 Å². The van der Waals surface area contributed by atoms with E-state index < -0.39 is 0 Å². The first-order valence-electron chi connectivity index (χ1n) is 3.77. The largest absolute Gasteiger partial charge is 0.451 e. The molecular formula is C10H12O2. The van der Waals surface area contributed by atoms with E-state index >= 15 is 0 Å². The highest BCUT2D eigenvalue weighted by Crippen LogP contribution is 2.25. The molecule has 0 unspecified atom stereocenters. The van der Waals surface area contributed by atoms with Gasteiger partial charge in [0.05, 0.1) is 0 Å². The highest BCUT2D eigenvalue weighted by Gasteiger charge is 2.21. The summed E-state index contributed by atoms with van der Waals surface area (Å²) in [6.07, 6.45) is 6.63. The number of allylic oxidation sites excluding steroid dienone is 4. The number of rotatable bonds is 2. The van der Waals surface area contributed by atoms with E-state index in [1.165, 1.54) is 0 Å². The van der Waals surface area contributed by atoms with Crippen molar-refractivity contribution in [2.24, 2.45) is 0 Å². The molecule has 0 atom stereocenters. The van der Waals surface area contributed by atoms with Gasteiger partial charge in [0, 0.05) is 6.92 Å². The summed E-state index contributed by atoms with van der Waals surface area (Å²) in [6, 6.07) is 0. The van der Waals surface area contributed by atoms with Crippen LogP contribution >= 0.6 is 0 Å². The summed E-state index contributed by atoms with van der Waals surface area (Å²) in [5, 5.41) is 0. The van der Waals surface area contributed by atoms with E-state index in [-0.39, 0.29) is 6.29 Å². The maximum atomic E-state index is 5.32. The molecule has 64 valence electrons. The van der Waals surface area contributed by atoms with Crippen molar-refractivity contribution in [2.75, 3.05) is 0 Å². The average Bonchev–Trinajstić information content (AvgIpc) is 2.33. The molecule has 1 heterocycles. The molecule has 1 saturated heterocycles. The van der Waals surface area contributed by atoms with Gasteiger partial charge in [0.15, 0.2) is 11.5 Å². The zero-order valence-electron chi connectivity index (χ0n) is 7.12. The second-order valence-corrected chi connectivity index (χ2v) is 2.34. The Morgan fingerprint density at radius 2 is 1.50 bits per heavy atom. The molecule has 1 aliphatic rings. The van der Waals surface area contributed by atoms with E-state index in [4.69, 9.17) is 9.47 Å². The topological polar surface area (TPSA) is 18.5 Å². The van der Waals surface area contributed by atoms with Gasteiger partial charge in [0.2, 0.25) is 6.29 Å². The van der Waals surface area contributed by atoms with Gasteiger partial charge in [0.25, 0.3) is 0 Å². The van der Waals surface area contributed by atoms with E-state index in [2.05, 4.69) is 13.2 Å². The van der Waals surface area contributed by atoms with Gasteiger partial charge >= 0.3 is 0 Å². The Balaban J connectivity index is 2.86. The molecule has 0 aromatic rings. The van der Waals surface area contributed by atoms with Crippen molar-refractivity contribution in [2.45, 2.75) is 13.2 Å². The monoisotopic (exact) mass is 164 g/mol. The van der Waals surface area contributed by atoms with Crippen LogP contribution in [0.25, 0.3) is 0 Å². The van der Waals surface area contributed by atoms with Gasteiger partial charge in [-0.25, -0.2) is 0 Å². The van der Waals surface area contributed by atoms with Gasteiger partial charge in [-0.1, -0.05) is 25.3 Å². The first-order chi connectivity index (χ1) is 5.77. The van der Waals surface area contributed by atoms with Gasteiger partial charge in [-0.15, -0.1) is 0 Å². The van der Waals surface area contributed by atoms with Crippen LogP contribution in [0.3, 0.4) is 0 Å². The van der Waals surface area contributed by atoms with Crippen molar-refractivity contribution < 1.29 is 9.47 Å². The highest BCUT2D eigenvalue weighted by atomic mass is 16.7. The minimum Gasteiger partial charge on any atom is -0.451 e. The molecule has 0 N–H and O–H groups in total. The molecule has 0 spiro atoms. The van der Waals surface area contributed by atoms with Crippen molar-refractivity contribution in [1.82, 2.24) is 0 Å². The first kappa shape index (κ1) is 8.65. The molecule has 0 aromatic carbocycles. The molecule has 1 rings (SSSR count). The maximum Gasteiger partial charge on any atom is 0.238 e. The third-order valence-electron chi connectivity index (χ3n) is 1.37. The highest BCUT2D eigenvalue weighted by molar-refractivity contribution is 5.28. The fourth-order valence-electron chi connectivity index (χ4n) is 0.955. The van der Waals surface area contributed by atoms with Gasteiger partial charge in [-0.05, 0) is 12.2 Å². The minimum absolute atomic E-state index is 0.220. The van der Waals surface area contributed by atoms with Crippen molar-refractivity contribution in [1.29, 1.82) is 0 Å². The molecule has 0 bridgehead atoms. The van der Waals surface area contributed by atoms with Crippen molar-refractivity contribution in [3.8, 4) is 0 Å². The standard InChI is InChI=1S/C10H12O2/c1-4-6-9-10(7-5-2)12-8(3)11-9/h4-8H,1-2H2,3H3/b9-6+,10-7+. The number of ether oxygens (including phenoxy) is 2. The third kappa shape index (κ3) is 1.78. The second-order valence-electron chi connectivity index (χ2n) is 2.34. The smallest absolute Gasteiger partial charge is 0.238 e. The van der Waals surface area contributed by atoms with Crippen LogP contribution in [0.5, 0.6) is 0 Å². The molecule has 1 fully saturated rings. The van der Waals surface area contributed by atoms with Gasteiger partial charge in [0.1, 0.15) is 0 Å². The predicted molar refractivity (Wildman–Crippen MR) is 48.2 cm³/mol. The van der Waals surface area contributed by atoms with Gasteiger partial charge < -0.3 is 9.47 Å². The molecule has 0 saturated carbocycles. The number of hydrogen-bond donors (Lipinski definition) is 0. The Hall–Kier alpha value is -1.44. The molecule has 2 heteroatoms. The van der Waals surface area contributed by atoms with Crippen molar-refractivity contribution >= 4 is 0 Å². The third-order valence-corrected chi connectivity index (χ3v) is 1.37. The summed E-state index contributed by atoms with van der Waals surface area (Å²) in [6.45, 7) is 8.99. The predicted octanol–water partition coefficient (Wildman–Crippen LogP) is 2.52. The molecular weight excluding hydrogens is 152 g/mol. The lowest BCUT2D eigenvalue weighted by molar-refractivity contribution is -0.000504. The van der Waals surface area contributed by atoms with Crippen LogP contribution in [0.4, 0.5) is 0 Å². The fourth-order valence-corrected chi connectivity index (χ4v) is 0.955. The van der Waals surface area contributed by atoms with Crippen LogP contribution in [0.15, 0.2) is 49.0 Å². The van der Waals surface area contributed by atoms with Crippen LogP contribution in [0, 0.1) is 0 Å². The van der Waals surface area contributed by atoms with Crippen LogP contribution in [-0.2, 0) is 9.47 Å². The van der Waals surface area contributed by atoms with E-state index in [0.717, 1.165) is 0 Å². The van der Waals surface area contributed by atoms with Gasteiger partial charge in [-0.3, -0.25) is 0 Å². The van der Waals surface area contributed by atoms with Crippen LogP contribution < -0.4 is 0 Å². The van der Waals surface area contributed by atoms with E-state index in [1.54, 1.807) is 24.3 Å². The van der Waals surface area contributed by atoms with Crippen molar-refractivity contribution in [3.63, 3.8) is 0 Å². The van der Waals surface area contributed by atoms with Crippen LogP contribution in [0.1, 0.15) is 6.92 Å². The molecule has 1 aliphatic heterocycles. The lowest BCUT2D eigenvalue weighted by atomic mass is 10.3. The Morgan fingerprint density at radius 3 is 1.83 bits per heavy atom.